The van der Waals surface area contributed by atoms with Crippen molar-refractivity contribution in [3.8, 4) is 22.5 Å². The summed E-state index contributed by atoms with van der Waals surface area (Å²) < 4.78 is 0. The minimum absolute atomic E-state index is 0. The molecule has 35 heavy (non-hydrogen) atoms. The van der Waals surface area contributed by atoms with E-state index in [0.29, 0.717) is 0 Å². The monoisotopic (exact) mass is 568 g/mol. The molecule has 0 unspecified atom stereocenters. The normalized spacial score (nSPS) is 11.7. The molecule has 168 valence electrons. The number of hydrogen-bond acceptors (Lipinski definition) is 0. The van der Waals surface area contributed by atoms with Gasteiger partial charge in [-0.15, -0.1) is 59.3 Å². The number of H-pyrrole nitrogens is 2. The number of fused-ring (bicyclic) bond motifs is 10. The van der Waals surface area contributed by atoms with E-state index in [4.69, 9.17) is 0 Å². The van der Waals surface area contributed by atoms with Gasteiger partial charge in [0.1, 0.15) is 0 Å². The smallest absolute Gasteiger partial charge is 1.00 e. The number of aromatic nitrogens is 2. The molecule has 0 atom stereocenters. The Labute approximate surface area is 236 Å². The fraction of sp³-hybridized carbons (Fsp3) is 0.0667. The zero-order valence-corrected chi connectivity index (χ0v) is 22.7. The van der Waals surface area contributed by atoms with E-state index >= 15 is 0 Å². The summed E-state index contributed by atoms with van der Waals surface area (Å²) in [5.74, 6) is 0. The van der Waals surface area contributed by atoms with Crippen LogP contribution in [0, 0.1) is 12.1 Å². The molecular formula is C30H20Cl2N2Zr. The molecule has 0 saturated heterocycles. The van der Waals surface area contributed by atoms with E-state index in [1.807, 2.05) is 24.3 Å². The quantitative estimate of drug-likeness (QED) is 0.256. The van der Waals surface area contributed by atoms with Crippen molar-refractivity contribution in [2.24, 2.45) is 0 Å². The van der Waals surface area contributed by atoms with Gasteiger partial charge in [-0.2, -0.15) is 0 Å². The van der Waals surface area contributed by atoms with Gasteiger partial charge in [-0.05, 0) is 57.5 Å². The Morgan fingerprint density at radius 1 is 0.543 bits per heavy atom. The van der Waals surface area contributed by atoms with Crippen LogP contribution in [0.5, 0.6) is 0 Å². The SMILES string of the molecule is [Cl-].[Cl-].[Zr+4].[c-]1cccc2[nH]c3c(c12)Cc1ccccc1-3.[c-]1cccc2[nH]c3c(c12)Cc1ccccc1-3. The fourth-order valence-electron chi connectivity index (χ4n) is 5.28. The maximum absolute atomic E-state index is 3.50. The van der Waals surface area contributed by atoms with Gasteiger partial charge in [0, 0.05) is 0 Å². The first-order chi connectivity index (χ1) is 15.9. The van der Waals surface area contributed by atoms with E-state index in [2.05, 4.69) is 82.8 Å². The van der Waals surface area contributed by atoms with Crippen molar-refractivity contribution >= 4 is 21.8 Å². The van der Waals surface area contributed by atoms with Gasteiger partial charge in [0.15, 0.2) is 0 Å². The van der Waals surface area contributed by atoms with E-state index in [1.54, 1.807) is 0 Å². The van der Waals surface area contributed by atoms with Gasteiger partial charge in [-0.1, -0.05) is 59.7 Å². The fourth-order valence-corrected chi connectivity index (χ4v) is 5.28. The maximum Gasteiger partial charge on any atom is 4.00 e. The molecule has 0 bridgehead atoms. The van der Waals surface area contributed by atoms with Crippen molar-refractivity contribution in [3.05, 3.63) is 119 Å². The summed E-state index contributed by atoms with van der Waals surface area (Å²) >= 11 is 0. The number of benzene rings is 4. The molecule has 2 aliphatic carbocycles. The molecule has 5 heteroatoms. The van der Waals surface area contributed by atoms with E-state index in [0.717, 1.165) is 12.8 Å². The van der Waals surface area contributed by atoms with Crippen LogP contribution in [0.4, 0.5) is 0 Å². The Kier molecular flexibility index (Phi) is 7.43. The van der Waals surface area contributed by atoms with E-state index < -0.39 is 0 Å². The molecule has 2 nitrogen and oxygen atoms in total. The minimum atomic E-state index is 0. The average Bonchev–Trinajstić information content (AvgIpc) is 3.57. The second-order valence-corrected chi connectivity index (χ2v) is 8.54. The third-order valence-corrected chi connectivity index (χ3v) is 6.75. The third kappa shape index (κ3) is 4.10. The van der Waals surface area contributed by atoms with Crippen molar-refractivity contribution in [2.45, 2.75) is 12.8 Å². The molecule has 0 spiro atoms. The molecule has 0 saturated carbocycles. The van der Waals surface area contributed by atoms with Crippen LogP contribution >= 0.6 is 0 Å². The van der Waals surface area contributed by atoms with Crippen LogP contribution in [0.3, 0.4) is 0 Å². The number of rotatable bonds is 0. The summed E-state index contributed by atoms with van der Waals surface area (Å²) in [4.78, 5) is 7.00. The van der Waals surface area contributed by atoms with Crippen LogP contribution in [0.2, 0.25) is 0 Å². The van der Waals surface area contributed by atoms with Crippen LogP contribution in [-0.2, 0) is 39.0 Å². The molecule has 0 radical (unpaired) electrons. The molecular weight excluding hydrogens is 550 g/mol. The Hall–Kier alpha value is -2.58. The van der Waals surface area contributed by atoms with Gasteiger partial charge in [-0.3, -0.25) is 0 Å². The van der Waals surface area contributed by atoms with Gasteiger partial charge in [-0.25, -0.2) is 0 Å². The summed E-state index contributed by atoms with van der Waals surface area (Å²) in [6.45, 7) is 0. The molecule has 6 aromatic rings. The predicted octanol–water partition coefficient (Wildman–Crippen LogP) is 1.08. The van der Waals surface area contributed by atoms with Gasteiger partial charge >= 0.3 is 26.2 Å². The van der Waals surface area contributed by atoms with Crippen molar-refractivity contribution < 1.29 is 51.0 Å². The summed E-state index contributed by atoms with van der Waals surface area (Å²) in [7, 11) is 0. The zero-order chi connectivity index (χ0) is 21.1. The van der Waals surface area contributed by atoms with Crippen LogP contribution in [0.1, 0.15) is 22.3 Å². The Bertz CT molecular complexity index is 1520. The molecule has 0 fully saturated rings. The number of nitrogens with one attached hydrogen (secondary N) is 2. The summed E-state index contributed by atoms with van der Waals surface area (Å²) in [5, 5.41) is 2.49. The predicted molar refractivity (Wildman–Crippen MR) is 131 cm³/mol. The Morgan fingerprint density at radius 2 is 0.971 bits per heavy atom. The molecule has 4 aromatic carbocycles. The van der Waals surface area contributed by atoms with E-state index in [-0.39, 0.29) is 51.0 Å². The summed E-state index contributed by atoms with van der Waals surface area (Å²) in [5.41, 5.74) is 13.3. The van der Waals surface area contributed by atoms with Gasteiger partial charge in [0.05, 0.1) is 0 Å². The summed E-state index contributed by atoms with van der Waals surface area (Å²) in [6, 6.07) is 36.1. The Morgan fingerprint density at radius 3 is 1.43 bits per heavy atom. The Balaban J connectivity index is 0.000000152. The molecule has 2 aromatic heterocycles. The van der Waals surface area contributed by atoms with Gasteiger partial charge in [0.25, 0.3) is 0 Å². The van der Waals surface area contributed by atoms with Crippen LogP contribution in [-0.4, -0.2) is 9.97 Å². The van der Waals surface area contributed by atoms with Gasteiger partial charge in [0.2, 0.25) is 0 Å². The average molecular weight is 571 g/mol. The first kappa shape index (κ1) is 25.5. The molecule has 2 heterocycles. The number of hydrogen-bond donors (Lipinski definition) is 2. The largest absolute Gasteiger partial charge is 4.00 e. The molecule has 0 aliphatic heterocycles. The molecule has 2 N–H and O–H groups in total. The molecule has 0 amide bonds. The zero-order valence-electron chi connectivity index (χ0n) is 18.8. The van der Waals surface area contributed by atoms with Crippen molar-refractivity contribution in [3.63, 3.8) is 0 Å². The second kappa shape index (κ2) is 10.2. The van der Waals surface area contributed by atoms with Crippen LogP contribution in [0.15, 0.2) is 84.9 Å². The second-order valence-electron chi connectivity index (χ2n) is 8.54. The van der Waals surface area contributed by atoms with Crippen LogP contribution < -0.4 is 24.8 Å². The third-order valence-electron chi connectivity index (χ3n) is 6.75. The molecule has 2 aliphatic rings. The van der Waals surface area contributed by atoms with E-state index in [1.165, 1.54) is 66.6 Å². The van der Waals surface area contributed by atoms with E-state index in [9.17, 15) is 0 Å². The first-order valence-electron chi connectivity index (χ1n) is 11.1. The number of halogens is 2. The number of aromatic amines is 2. The van der Waals surface area contributed by atoms with Crippen molar-refractivity contribution in [1.29, 1.82) is 0 Å². The minimum Gasteiger partial charge on any atom is -1.00 e. The van der Waals surface area contributed by atoms with Crippen LogP contribution in [0.25, 0.3) is 44.3 Å². The van der Waals surface area contributed by atoms with Gasteiger partial charge < -0.3 is 34.8 Å². The summed E-state index contributed by atoms with van der Waals surface area (Å²) in [6.07, 6.45) is 2.07. The standard InChI is InChI=1S/2C15H10N.2ClH.Zr/c2*1-2-6-11-10(5-1)9-13-12-7-3-4-8-14(12)16-15(11)13;;;/h2*1-6,8,16H,9H2;2*1H;/q2*-1;;;+4/p-2. The van der Waals surface area contributed by atoms with Crippen molar-refractivity contribution in [1.82, 2.24) is 9.97 Å². The maximum atomic E-state index is 3.50. The first-order valence-corrected chi connectivity index (χ1v) is 11.1. The molecule has 8 rings (SSSR count). The van der Waals surface area contributed by atoms with Crippen molar-refractivity contribution in [2.75, 3.05) is 0 Å². The topological polar surface area (TPSA) is 31.6 Å².